The molecule has 0 bridgehead atoms. The van der Waals surface area contributed by atoms with Gasteiger partial charge in [0.2, 0.25) is 0 Å². The number of ether oxygens (including phenoxy) is 2. The molecule has 0 saturated carbocycles. The van der Waals surface area contributed by atoms with Crippen molar-refractivity contribution < 1.29 is 19.1 Å². The van der Waals surface area contributed by atoms with Gasteiger partial charge in [-0.05, 0) is 72.6 Å². The van der Waals surface area contributed by atoms with Crippen LogP contribution >= 0.6 is 11.8 Å². The van der Waals surface area contributed by atoms with Crippen LogP contribution in [0.3, 0.4) is 0 Å². The lowest BCUT2D eigenvalue weighted by atomic mass is 10.1. The van der Waals surface area contributed by atoms with Gasteiger partial charge in [0.25, 0.3) is 5.91 Å². The van der Waals surface area contributed by atoms with Crippen molar-refractivity contribution in [1.82, 2.24) is 0 Å². The Bertz CT molecular complexity index is 1280. The first-order valence-corrected chi connectivity index (χ1v) is 11.5. The fraction of sp³-hybridized carbons (Fsp3) is 0.148. The minimum atomic E-state index is -0.448. The quantitative estimate of drug-likeness (QED) is 0.342. The topological polar surface area (TPSA) is 68.2 Å². The molecule has 1 aliphatic rings. The zero-order valence-electron chi connectivity index (χ0n) is 19.1. The average molecular weight is 473 g/mol. The molecule has 3 aromatic rings. The molecule has 1 saturated heterocycles. The van der Waals surface area contributed by atoms with E-state index in [1.807, 2.05) is 80.6 Å². The number of hydrogen-bond donors (Lipinski definition) is 0. The van der Waals surface area contributed by atoms with Crippen LogP contribution in [0.2, 0.25) is 0 Å². The molecule has 0 radical (unpaired) electrons. The van der Waals surface area contributed by atoms with Crippen LogP contribution in [-0.2, 0) is 14.3 Å². The highest BCUT2D eigenvalue weighted by molar-refractivity contribution is 8.19. The number of amidine groups is 1. The van der Waals surface area contributed by atoms with Gasteiger partial charge in [-0.15, -0.1) is 0 Å². The summed E-state index contributed by atoms with van der Waals surface area (Å²) in [6, 6.07) is 22.8. The second-order valence-corrected chi connectivity index (χ2v) is 8.66. The third-order valence-corrected chi connectivity index (χ3v) is 6.23. The third-order valence-electron chi connectivity index (χ3n) is 5.26. The second-order valence-electron chi connectivity index (χ2n) is 7.65. The predicted molar refractivity (Wildman–Crippen MR) is 136 cm³/mol. The van der Waals surface area contributed by atoms with Gasteiger partial charge in [0, 0.05) is 0 Å². The largest absolute Gasteiger partial charge is 0.482 e. The number of aliphatic imine (C=N–C) groups is 1. The highest BCUT2D eigenvalue weighted by atomic mass is 32.2. The molecule has 0 unspecified atom stereocenters. The summed E-state index contributed by atoms with van der Waals surface area (Å²) in [7, 11) is 1.31. The molecule has 4 rings (SSSR count). The van der Waals surface area contributed by atoms with E-state index in [2.05, 4.69) is 4.74 Å². The minimum Gasteiger partial charge on any atom is -0.482 e. The van der Waals surface area contributed by atoms with E-state index in [9.17, 15) is 9.59 Å². The van der Waals surface area contributed by atoms with Crippen LogP contribution in [0.15, 0.2) is 82.7 Å². The smallest absolute Gasteiger partial charge is 0.343 e. The van der Waals surface area contributed by atoms with E-state index in [1.165, 1.54) is 18.9 Å². The van der Waals surface area contributed by atoms with E-state index >= 15 is 0 Å². The highest BCUT2D eigenvalue weighted by Crippen LogP contribution is 2.38. The molecule has 3 aromatic carbocycles. The van der Waals surface area contributed by atoms with E-state index < -0.39 is 5.97 Å². The Morgan fingerprint density at radius 1 is 0.971 bits per heavy atom. The molecule has 0 N–H and O–H groups in total. The Morgan fingerprint density at radius 2 is 1.65 bits per heavy atom. The molecule has 1 fully saturated rings. The molecule has 1 amide bonds. The lowest BCUT2D eigenvalue weighted by Crippen LogP contribution is -2.29. The zero-order chi connectivity index (χ0) is 24.1. The molecule has 0 atom stereocenters. The number of aryl methyl sites for hydroxylation is 2. The van der Waals surface area contributed by atoms with Crippen LogP contribution in [0.25, 0.3) is 6.08 Å². The normalized spacial score (nSPS) is 15.7. The summed E-state index contributed by atoms with van der Waals surface area (Å²) in [6.45, 7) is 3.82. The Hall–Kier alpha value is -3.84. The van der Waals surface area contributed by atoms with Crippen molar-refractivity contribution in [3.05, 3.63) is 94.4 Å². The number of carbonyl (C=O) groups is 2. The summed E-state index contributed by atoms with van der Waals surface area (Å²) in [5.41, 5.74) is 4.49. The second kappa shape index (κ2) is 10.4. The molecule has 172 valence electrons. The molecule has 7 heteroatoms. The number of amides is 1. The number of carbonyl (C=O) groups excluding carboxylic acids is 2. The summed E-state index contributed by atoms with van der Waals surface area (Å²) >= 11 is 1.35. The van der Waals surface area contributed by atoms with Crippen molar-refractivity contribution in [2.45, 2.75) is 13.8 Å². The molecule has 1 heterocycles. The van der Waals surface area contributed by atoms with Crippen molar-refractivity contribution in [2.24, 2.45) is 4.99 Å². The lowest BCUT2D eigenvalue weighted by Gasteiger charge is -2.18. The molecule has 0 aromatic heterocycles. The molecular weight excluding hydrogens is 448 g/mol. The number of methoxy groups -OCH3 is 1. The van der Waals surface area contributed by atoms with Crippen molar-refractivity contribution in [1.29, 1.82) is 0 Å². The maximum atomic E-state index is 13.5. The molecule has 34 heavy (non-hydrogen) atoms. The number of hydrogen-bond acceptors (Lipinski definition) is 6. The Labute approximate surface area is 202 Å². The lowest BCUT2D eigenvalue weighted by molar-refractivity contribution is -0.142. The summed E-state index contributed by atoms with van der Waals surface area (Å²) < 4.78 is 9.97. The van der Waals surface area contributed by atoms with Gasteiger partial charge in [0.15, 0.2) is 11.8 Å². The van der Waals surface area contributed by atoms with Gasteiger partial charge in [-0.1, -0.05) is 48.5 Å². The maximum Gasteiger partial charge on any atom is 0.343 e. The zero-order valence-corrected chi connectivity index (χ0v) is 20.0. The first kappa shape index (κ1) is 23.3. The standard InChI is InChI=1S/C27H24N2O4S/c1-18-8-4-6-10-22(18)28-27-29(23-11-7-5-9-19(23)2)26(31)24(34-27)16-20-12-14-21(15-13-20)33-17-25(30)32-3/h4-16H,17H2,1-3H3/b24-16-,28-27?. The fourth-order valence-corrected chi connectivity index (χ4v) is 4.37. The summed E-state index contributed by atoms with van der Waals surface area (Å²) in [4.78, 5) is 31.8. The van der Waals surface area contributed by atoms with E-state index in [4.69, 9.17) is 9.73 Å². The average Bonchev–Trinajstić information content (AvgIpc) is 3.14. The Kier molecular flexibility index (Phi) is 7.13. The number of benzene rings is 3. The Morgan fingerprint density at radius 3 is 2.32 bits per heavy atom. The predicted octanol–water partition coefficient (Wildman–Crippen LogP) is 5.66. The van der Waals surface area contributed by atoms with E-state index in [1.54, 1.807) is 17.0 Å². The first-order chi connectivity index (χ1) is 16.5. The highest BCUT2D eigenvalue weighted by Gasteiger charge is 2.35. The van der Waals surface area contributed by atoms with Crippen LogP contribution in [0, 0.1) is 13.8 Å². The number of anilines is 1. The van der Waals surface area contributed by atoms with Crippen molar-refractivity contribution in [3.63, 3.8) is 0 Å². The molecule has 0 aliphatic carbocycles. The summed E-state index contributed by atoms with van der Waals surface area (Å²) in [5, 5.41) is 0.609. The Balaban J connectivity index is 1.66. The first-order valence-electron chi connectivity index (χ1n) is 10.7. The third kappa shape index (κ3) is 5.21. The maximum absolute atomic E-state index is 13.5. The van der Waals surface area contributed by atoms with E-state index in [-0.39, 0.29) is 12.5 Å². The van der Waals surface area contributed by atoms with Crippen LogP contribution in [0.4, 0.5) is 11.4 Å². The van der Waals surface area contributed by atoms with Gasteiger partial charge in [0.1, 0.15) is 5.75 Å². The van der Waals surface area contributed by atoms with Gasteiger partial charge in [-0.25, -0.2) is 9.79 Å². The van der Waals surface area contributed by atoms with Gasteiger partial charge in [0.05, 0.1) is 23.4 Å². The molecular formula is C27H24N2O4S. The van der Waals surface area contributed by atoms with Crippen LogP contribution in [-0.4, -0.2) is 30.8 Å². The number of esters is 1. The fourth-order valence-electron chi connectivity index (χ4n) is 3.38. The number of nitrogens with zero attached hydrogens (tertiary/aromatic N) is 2. The summed E-state index contributed by atoms with van der Waals surface area (Å²) in [5.74, 6) is -0.0325. The monoisotopic (exact) mass is 472 g/mol. The van der Waals surface area contributed by atoms with E-state index in [0.29, 0.717) is 15.8 Å². The van der Waals surface area contributed by atoms with Gasteiger partial charge >= 0.3 is 5.97 Å². The SMILES string of the molecule is COC(=O)COc1ccc(/C=C2\SC(=Nc3ccccc3C)N(c3ccccc3C)C2=O)cc1. The van der Waals surface area contributed by atoms with Gasteiger partial charge in [-0.2, -0.15) is 0 Å². The van der Waals surface area contributed by atoms with Crippen molar-refractivity contribution in [3.8, 4) is 5.75 Å². The molecule has 0 spiro atoms. The molecule has 1 aliphatic heterocycles. The van der Waals surface area contributed by atoms with Crippen molar-refractivity contribution >= 4 is 46.3 Å². The minimum absolute atomic E-state index is 0.127. The van der Waals surface area contributed by atoms with Crippen LogP contribution in [0.1, 0.15) is 16.7 Å². The van der Waals surface area contributed by atoms with Gasteiger partial charge in [-0.3, -0.25) is 9.69 Å². The van der Waals surface area contributed by atoms with Crippen LogP contribution in [0.5, 0.6) is 5.75 Å². The van der Waals surface area contributed by atoms with Crippen LogP contribution < -0.4 is 9.64 Å². The number of thioether (sulfide) groups is 1. The number of rotatable bonds is 6. The van der Waals surface area contributed by atoms with E-state index in [0.717, 1.165) is 28.1 Å². The van der Waals surface area contributed by atoms with Gasteiger partial charge < -0.3 is 9.47 Å². The summed E-state index contributed by atoms with van der Waals surface area (Å²) in [6.07, 6.45) is 1.84. The molecule has 6 nitrogen and oxygen atoms in total. The number of para-hydroxylation sites is 2. The van der Waals surface area contributed by atoms with Crippen molar-refractivity contribution in [2.75, 3.05) is 18.6 Å².